The molecule has 0 saturated carbocycles. The van der Waals surface area contributed by atoms with E-state index in [0.717, 1.165) is 0 Å². The first-order chi connectivity index (χ1) is 7.56. The fourth-order valence-electron chi connectivity index (χ4n) is 1.08. The standard InChI is InChI=1S/C9H14BrN5O/c1-3-12-9(16)5(2)15-8-6(10)7(11)13-4-14-8/h4-5H,3H2,1-2H3,(H,12,16)(H3,11,13,14,15). The molecule has 1 aromatic heterocycles. The molecule has 1 aromatic rings. The van der Waals surface area contributed by atoms with Crippen LogP contribution >= 0.6 is 15.9 Å². The van der Waals surface area contributed by atoms with Gasteiger partial charge in [-0.3, -0.25) is 4.79 Å². The Bertz CT molecular complexity index is 384. The van der Waals surface area contributed by atoms with E-state index in [-0.39, 0.29) is 11.9 Å². The maximum Gasteiger partial charge on any atom is 0.242 e. The number of aromatic nitrogens is 2. The third kappa shape index (κ3) is 3.06. The number of nitrogen functional groups attached to an aromatic ring is 1. The molecule has 88 valence electrons. The molecule has 1 unspecified atom stereocenters. The van der Waals surface area contributed by atoms with Gasteiger partial charge in [0.15, 0.2) is 0 Å². The lowest BCUT2D eigenvalue weighted by Gasteiger charge is -2.14. The highest BCUT2D eigenvalue weighted by Gasteiger charge is 2.14. The number of rotatable bonds is 4. The van der Waals surface area contributed by atoms with Gasteiger partial charge in [0.25, 0.3) is 0 Å². The summed E-state index contributed by atoms with van der Waals surface area (Å²) in [5.74, 6) is 0.749. The molecule has 0 saturated heterocycles. The first kappa shape index (κ1) is 12.7. The van der Waals surface area contributed by atoms with Crippen molar-refractivity contribution in [1.82, 2.24) is 15.3 Å². The Labute approximate surface area is 102 Å². The monoisotopic (exact) mass is 287 g/mol. The third-order valence-electron chi connectivity index (χ3n) is 1.91. The number of nitrogens with zero attached hydrogens (tertiary/aromatic N) is 2. The zero-order valence-electron chi connectivity index (χ0n) is 9.12. The van der Waals surface area contributed by atoms with Crippen LogP contribution in [0, 0.1) is 0 Å². The molecule has 0 aliphatic heterocycles. The van der Waals surface area contributed by atoms with Crippen LogP contribution in [0.25, 0.3) is 0 Å². The SMILES string of the molecule is CCNC(=O)C(C)Nc1ncnc(N)c1Br. The van der Waals surface area contributed by atoms with Gasteiger partial charge in [-0.15, -0.1) is 0 Å². The van der Waals surface area contributed by atoms with E-state index >= 15 is 0 Å². The number of carbonyl (C=O) groups is 1. The second-order valence-electron chi connectivity index (χ2n) is 3.18. The number of hydrogen-bond donors (Lipinski definition) is 3. The zero-order chi connectivity index (χ0) is 12.1. The molecule has 16 heavy (non-hydrogen) atoms. The normalized spacial score (nSPS) is 11.9. The lowest BCUT2D eigenvalue weighted by Crippen LogP contribution is -2.37. The summed E-state index contributed by atoms with van der Waals surface area (Å²) in [5.41, 5.74) is 5.59. The van der Waals surface area contributed by atoms with Crippen LogP contribution in [0.15, 0.2) is 10.8 Å². The van der Waals surface area contributed by atoms with E-state index in [1.165, 1.54) is 6.33 Å². The van der Waals surface area contributed by atoms with Crippen LogP contribution in [-0.4, -0.2) is 28.5 Å². The summed E-state index contributed by atoms with van der Waals surface area (Å²) >= 11 is 3.25. The minimum Gasteiger partial charge on any atom is -0.383 e. The second-order valence-corrected chi connectivity index (χ2v) is 3.98. The fraction of sp³-hybridized carbons (Fsp3) is 0.444. The van der Waals surface area contributed by atoms with Crippen molar-refractivity contribution in [2.24, 2.45) is 0 Å². The zero-order valence-corrected chi connectivity index (χ0v) is 10.7. The van der Waals surface area contributed by atoms with Gasteiger partial charge < -0.3 is 16.4 Å². The van der Waals surface area contributed by atoms with Crippen molar-refractivity contribution < 1.29 is 4.79 Å². The van der Waals surface area contributed by atoms with Gasteiger partial charge in [0.1, 0.15) is 28.5 Å². The van der Waals surface area contributed by atoms with Crippen LogP contribution in [0.4, 0.5) is 11.6 Å². The van der Waals surface area contributed by atoms with Crippen molar-refractivity contribution in [3.63, 3.8) is 0 Å². The van der Waals surface area contributed by atoms with Gasteiger partial charge in [-0.1, -0.05) is 0 Å². The lowest BCUT2D eigenvalue weighted by molar-refractivity contribution is -0.121. The van der Waals surface area contributed by atoms with Crippen LogP contribution in [0.3, 0.4) is 0 Å². The molecule has 1 rings (SSSR count). The van der Waals surface area contributed by atoms with Crippen molar-refractivity contribution in [2.45, 2.75) is 19.9 Å². The number of carbonyl (C=O) groups excluding carboxylic acids is 1. The van der Waals surface area contributed by atoms with Crippen LogP contribution < -0.4 is 16.4 Å². The first-order valence-corrected chi connectivity index (χ1v) is 5.65. The van der Waals surface area contributed by atoms with E-state index in [9.17, 15) is 4.79 Å². The maximum atomic E-state index is 11.5. The number of hydrogen-bond acceptors (Lipinski definition) is 5. The average Bonchev–Trinajstić information content (AvgIpc) is 2.25. The van der Waals surface area contributed by atoms with Crippen LogP contribution in [-0.2, 0) is 4.79 Å². The largest absolute Gasteiger partial charge is 0.383 e. The minimum absolute atomic E-state index is 0.0911. The predicted molar refractivity (Wildman–Crippen MR) is 65.9 cm³/mol. The first-order valence-electron chi connectivity index (χ1n) is 4.86. The van der Waals surface area contributed by atoms with Crippen molar-refractivity contribution in [2.75, 3.05) is 17.6 Å². The third-order valence-corrected chi connectivity index (χ3v) is 2.70. The van der Waals surface area contributed by atoms with Crippen molar-refractivity contribution in [3.8, 4) is 0 Å². The van der Waals surface area contributed by atoms with Crippen molar-refractivity contribution in [3.05, 3.63) is 10.8 Å². The van der Waals surface area contributed by atoms with E-state index in [1.807, 2.05) is 6.92 Å². The Hall–Kier alpha value is -1.37. The molecule has 1 heterocycles. The fourth-order valence-corrected chi connectivity index (χ4v) is 1.40. The number of amides is 1. The summed E-state index contributed by atoms with van der Waals surface area (Å²) in [6.45, 7) is 4.21. The van der Waals surface area contributed by atoms with Gasteiger partial charge in [-0.05, 0) is 29.8 Å². The molecule has 0 aromatic carbocycles. The van der Waals surface area contributed by atoms with E-state index in [4.69, 9.17) is 5.73 Å². The molecule has 6 nitrogen and oxygen atoms in total. The molecule has 7 heteroatoms. The van der Waals surface area contributed by atoms with E-state index in [0.29, 0.717) is 22.7 Å². The average molecular weight is 288 g/mol. The summed E-state index contributed by atoms with van der Waals surface area (Å²) in [5, 5.41) is 5.65. The van der Waals surface area contributed by atoms with Gasteiger partial charge in [0.05, 0.1) is 0 Å². The van der Waals surface area contributed by atoms with Crippen molar-refractivity contribution in [1.29, 1.82) is 0 Å². The number of anilines is 2. The Morgan fingerprint density at radius 3 is 2.94 bits per heavy atom. The Kier molecular flexibility index (Phi) is 4.48. The molecular weight excluding hydrogens is 274 g/mol. The van der Waals surface area contributed by atoms with Gasteiger partial charge >= 0.3 is 0 Å². The highest BCUT2D eigenvalue weighted by Crippen LogP contribution is 2.24. The minimum atomic E-state index is -0.384. The Morgan fingerprint density at radius 1 is 1.62 bits per heavy atom. The highest BCUT2D eigenvalue weighted by atomic mass is 79.9. The number of nitrogens with two attached hydrogens (primary N) is 1. The maximum absolute atomic E-state index is 11.5. The van der Waals surface area contributed by atoms with E-state index in [1.54, 1.807) is 6.92 Å². The van der Waals surface area contributed by atoms with E-state index < -0.39 is 0 Å². The molecule has 0 spiro atoms. The van der Waals surface area contributed by atoms with Crippen LogP contribution in [0.2, 0.25) is 0 Å². The van der Waals surface area contributed by atoms with Gasteiger partial charge in [-0.2, -0.15) is 0 Å². The predicted octanol–water partition coefficient (Wildman–Crippen LogP) is 0.758. The Morgan fingerprint density at radius 2 is 2.31 bits per heavy atom. The molecule has 0 aliphatic carbocycles. The van der Waals surface area contributed by atoms with Gasteiger partial charge in [-0.25, -0.2) is 9.97 Å². The Balaban J connectivity index is 2.73. The van der Waals surface area contributed by atoms with Crippen LogP contribution in [0.5, 0.6) is 0 Å². The lowest BCUT2D eigenvalue weighted by atomic mass is 10.3. The van der Waals surface area contributed by atoms with Crippen molar-refractivity contribution >= 4 is 33.5 Å². The molecule has 0 bridgehead atoms. The topological polar surface area (TPSA) is 92.9 Å². The summed E-state index contributed by atoms with van der Waals surface area (Å²) in [7, 11) is 0. The van der Waals surface area contributed by atoms with Gasteiger partial charge in [0.2, 0.25) is 5.91 Å². The number of halogens is 1. The summed E-state index contributed by atoms with van der Waals surface area (Å²) in [4.78, 5) is 19.3. The molecule has 0 aliphatic rings. The highest BCUT2D eigenvalue weighted by molar-refractivity contribution is 9.10. The van der Waals surface area contributed by atoms with Crippen LogP contribution in [0.1, 0.15) is 13.8 Å². The molecule has 0 fully saturated rings. The summed E-state index contributed by atoms with van der Waals surface area (Å²) in [6.07, 6.45) is 1.34. The van der Waals surface area contributed by atoms with E-state index in [2.05, 4.69) is 36.5 Å². The summed E-state index contributed by atoms with van der Waals surface area (Å²) < 4.78 is 0.561. The molecule has 4 N–H and O–H groups in total. The molecule has 1 atom stereocenters. The smallest absolute Gasteiger partial charge is 0.242 e. The summed E-state index contributed by atoms with van der Waals surface area (Å²) in [6, 6.07) is -0.384. The number of nitrogens with one attached hydrogen (secondary N) is 2. The second kappa shape index (κ2) is 5.64. The quantitative estimate of drug-likeness (QED) is 0.760. The molecule has 1 amide bonds. The van der Waals surface area contributed by atoms with Gasteiger partial charge in [0, 0.05) is 6.54 Å². The molecular formula is C9H14BrN5O. The molecule has 0 radical (unpaired) electrons. The number of likely N-dealkylation sites (N-methyl/N-ethyl adjacent to an activating group) is 1.